The van der Waals surface area contributed by atoms with Gasteiger partial charge in [-0.25, -0.2) is 4.57 Å². The number of allylic oxidation sites excluding steroid dienone is 4. The number of rotatable bonds is 66. The highest BCUT2D eigenvalue weighted by Gasteiger charge is 2.27. The van der Waals surface area contributed by atoms with Crippen LogP contribution in [0.5, 0.6) is 0 Å². The maximum absolute atomic E-state index is 12.8. The lowest BCUT2D eigenvalue weighted by Gasteiger charge is -2.24. The smallest absolute Gasteiger partial charge is 0.462 e. The Kier molecular flexibility index (Phi) is 60.9. The molecule has 474 valence electrons. The first-order valence-electron chi connectivity index (χ1n) is 35.1. The van der Waals surface area contributed by atoms with Crippen LogP contribution in [0.4, 0.5) is 0 Å². The van der Waals surface area contributed by atoms with Crippen molar-refractivity contribution in [3.63, 3.8) is 0 Å². The first-order chi connectivity index (χ1) is 39.0. The average molecular weight is 1150 g/mol. The number of nitrogens with zero attached hydrogens (tertiary/aromatic N) is 1. The van der Waals surface area contributed by atoms with E-state index in [9.17, 15) is 19.0 Å². The number of carbonyl (C=O) groups excluding carboxylic acids is 2. The topological polar surface area (TPSA) is 108 Å². The predicted octanol–water partition coefficient (Wildman–Crippen LogP) is 22.5. The van der Waals surface area contributed by atoms with Crippen LogP contribution in [0.3, 0.4) is 0 Å². The minimum Gasteiger partial charge on any atom is -0.462 e. The molecule has 0 aliphatic carbocycles. The molecule has 2 atom stereocenters. The second-order valence-corrected chi connectivity index (χ2v) is 26.7. The van der Waals surface area contributed by atoms with Crippen molar-refractivity contribution in [1.82, 2.24) is 0 Å². The lowest BCUT2D eigenvalue weighted by Crippen LogP contribution is -2.37. The largest absolute Gasteiger partial charge is 0.472 e. The third kappa shape index (κ3) is 65.6. The summed E-state index contributed by atoms with van der Waals surface area (Å²) < 4.78 is 34.7. The molecule has 9 nitrogen and oxygen atoms in total. The van der Waals surface area contributed by atoms with Crippen LogP contribution in [0.2, 0.25) is 0 Å². The van der Waals surface area contributed by atoms with E-state index in [2.05, 4.69) is 38.2 Å². The number of phosphoric ester groups is 1. The number of likely N-dealkylation sites (N-methyl/N-ethyl adjacent to an activating group) is 1. The third-order valence-electron chi connectivity index (χ3n) is 16.0. The van der Waals surface area contributed by atoms with E-state index in [1.165, 1.54) is 283 Å². The maximum Gasteiger partial charge on any atom is 0.472 e. The summed E-state index contributed by atoms with van der Waals surface area (Å²) in [5, 5.41) is 0. The molecule has 0 aromatic heterocycles. The molecule has 0 heterocycles. The molecule has 0 radical (unpaired) electrons. The zero-order chi connectivity index (χ0) is 58.4. The van der Waals surface area contributed by atoms with Crippen LogP contribution in [0, 0.1) is 0 Å². The summed E-state index contributed by atoms with van der Waals surface area (Å²) in [4.78, 5) is 35.8. The number of hydrogen-bond acceptors (Lipinski definition) is 7. The Morgan fingerprint density at radius 2 is 0.675 bits per heavy atom. The van der Waals surface area contributed by atoms with Gasteiger partial charge in [-0.15, -0.1) is 0 Å². The van der Waals surface area contributed by atoms with E-state index < -0.39 is 26.5 Å². The number of hydrogen-bond donors (Lipinski definition) is 1. The van der Waals surface area contributed by atoms with Gasteiger partial charge in [0.1, 0.15) is 19.8 Å². The van der Waals surface area contributed by atoms with Gasteiger partial charge in [-0.05, 0) is 44.9 Å². The number of quaternary nitrogens is 1. The molecule has 0 amide bonds. The normalized spacial score (nSPS) is 13.2. The number of carbonyl (C=O) groups is 2. The van der Waals surface area contributed by atoms with E-state index >= 15 is 0 Å². The molecule has 0 aliphatic heterocycles. The number of ether oxygens (including phenoxy) is 2. The average Bonchev–Trinajstić information content (AvgIpc) is 3.42. The molecule has 0 rings (SSSR count). The molecule has 0 saturated heterocycles. The van der Waals surface area contributed by atoms with Crippen LogP contribution in [-0.4, -0.2) is 74.9 Å². The van der Waals surface area contributed by atoms with Crippen molar-refractivity contribution in [1.29, 1.82) is 0 Å². The SMILES string of the molecule is CCCCCCC/C=C\C/C=C\CCCCCCCCCCCC(=O)OC(COC(=O)CCCCCCCCCCCCCCCCCCCCCCCCCCCCCCCCCCCCC)COP(=O)(O)OCC[N+](C)(C)C. The van der Waals surface area contributed by atoms with E-state index in [1.54, 1.807) is 0 Å². The quantitative estimate of drug-likeness (QED) is 0.0211. The summed E-state index contributed by atoms with van der Waals surface area (Å²) in [5.74, 6) is -0.782. The molecule has 2 unspecified atom stereocenters. The van der Waals surface area contributed by atoms with Gasteiger partial charge in [-0.1, -0.05) is 327 Å². The Bertz CT molecular complexity index is 1400. The molecule has 0 bridgehead atoms. The summed E-state index contributed by atoms with van der Waals surface area (Å²) >= 11 is 0. The van der Waals surface area contributed by atoms with Gasteiger partial charge in [0.15, 0.2) is 6.10 Å². The molecular weight excluding hydrogens is 1010 g/mol. The van der Waals surface area contributed by atoms with E-state index in [0.29, 0.717) is 23.9 Å². The molecule has 10 heteroatoms. The Hall–Kier alpha value is -1.51. The van der Waals surface area contributed by atoms with Crippen molar-refractivity contribution in [3.8, 4) is 0 Å². The van der Waals surface area contributed by atoms with Crippen LogP contribution >= 0.6 is 7.82 Å². The van der Waals surface area contributed by atoms with E-state index in [1.807, 2.05) is 21.1 Å². The zero-order valence-electron chi connectivity index (χ0n) is 54.1. The molecular formula is C70H137NO8P+. The summed E-state index contributed by atoms with van der Waals surface area (Å²) in [5.41, 5.74) is 0. The fourth-order valence-electron chi connectivity index (χ4n) is 10.6. The Morgan fingerprint density at radius 3 is 0.988 bits per heavy atom. The second-order valence-electron chi connectivity index (χ2n) is 25.3. The second kappa shape index (κ2) is 62.0. The molecule has 0 saturated carbocycles. The Balaban J connectivity index is 3.94. The van der Waals surface area contributed by atoms with Crippen molar-refractivity contribution in [2.75, 3.05) is 47.5 Å². The van der Waals surface area contributed by atoms with Crippen LogP contribution in [-0.2, 0) is 32.7 Å². The van der Waals surface area contributed by atoms with E-state index in [0.717, 1.165) is 44.9 Å². The molecule has 0 fully saturated rings. The highest BCUT2D eigenvalue weighted by molar-refractivity contribution is 7.47. The van der Waals surface area contributed by atoms with Crippen molar-refractivity contribution >= 4 is 19.8 Å². The molecule has 0 aromatic rings. The van der Waals surface area contributed by atoms with Gasteiger partial charge in [-0.2, -0.15) is 0 Å². The molecule has 0 spiro atoms. The van der Waals surface area contributed by atoms with Crippen molar-refractivity contribution in [3.05, 3.63) is 24.3 Å². The van der Waals surface area contributed by atoms with Gasteiger partial charge in [-0.3, -0.25) is 18.6 Å². The first-order valence-corrected chi connectivity index (χ1v) is 36.6. The Labute approximate surface area is 498 Å². The van der Waals surface area contributed by atoms with E-state index in [-0.39, 0.29) is 25.6 Å². The fourth-order valence-corrected chi connectivity index (χ4v) is 11.3. The highest BCUT2D eigenvalue weighted by atomic mass is 31.2. The van der Waals surface area contributed by atoms with Crippen molar-refractivity contribution in [2.24, 2.45) is 0 Å². The van der Waals surface area contributed by atoms with Gasteiger partial charge in [0.05, 0.1) is 27.7 Å². The zero-order valence-corrected chi connectivity index (χ0v) is 55.0. The molecule has 1 N–H and O–H groups in total. The minimum absolute atomic E-state index is 0.0335. The van der Waals surface area contributed by atoms with Crippen molar-refractivity contribution < 1.29 is 42.1 Å². The van der Waals surface area contributed by atoms with Gasteiger partial charge in [0.2, 0.25) is 0 Å². The van der Waals surface area contributed by atoms with Crippen LogP contribution < -0.4 is 0 Å². The highest BCUT2D eigenvalue weighted by Crippen LogP contribution is 2.43. The summed E-state index contributed by atoms with van der Waals surface area (Å²) in [6.07, 6.45) is 77.3. The van der Waals surface area contributed by atoms with E-state index in [4.69, 9.17) is 18.5 Å². The fraction of sp³-hybridized carbons (Fsp3) is 0.914. The number of phosphoric acid groups is 1. The standard InChI is InChI=1S/C70H136NO8P/c1-6-8-10-12-14-16-18-20-22-24-26-28-29-30-31-32-33-34-35-36-37-38-39-40-41-43-44-46-48-50-52-54-56-58-60-62-69(72)76-66-68(67-78-80(74,75)77-65-64-71(3,4)5)79-70(73)63-61-59-57-55-53-51-49-47-45-42-27-25-23-21-19-17-15-13-11-9-7-2/h19,21,25,27,68H,6-18,20,22-24,26,28-67H2,1-5H3/p+1/b21-19-,27-25-. The van der Waals surface area contributed by atoms with Gasteiger partial charge < -0.3 is 18.9 Å². The molecule has 80 heavy (non-hydrogen) atoms. The van der Waals surface area contributed by atoms with Gasteiger partial charge >= 0.3 is 19.8 Å². The first kappa shape index (κ1) is 78.5. The van der Waals surface area contributed by atoms with Crippen LogP contribution in [0.15, 0.2) is 24.3 Å². The van der Waals surface area contributed by atoms with Gasteiger partial charge in [0.25, 0.3) is 0 Å². The maximum atomic E-state index is 12.8. The Morgan fingerprint density at radius 1 is 0.388 bits per heavy atom. The predicted molar refractivity (Wildman–Crippen MR) is 344 cm³/mol. The van der Waals surface area contributed by atoms with Gasteiger partial charge in [0, 0.05) is 12.8 Å². The minimum atomic E-state index is -4.39. The van der Waals surface area contributed by atoms with Crippen LogP contribution in [0.25, 0.3) is 0 Å². The lowest BCUT2D eigenvalue weighted by atomic mass is 10.0. The van der Waals surface area contributed by atoms with Crippen molar-refractivity contribution in [2.45, 2.75) is 367 Å². The third-order valence-corrected chi connectivity index (χ3v) is 17.0. The summed E-state index contributed by atoms with van der Waals surface area (Å²) in [6.45, 7) is 4.49. The summed E-state index contributed by atoms with van der Waals surface area (Å²) in [6, 6.07) is 0. The summed E-state index contributed by atoms with van der Waals surface area (Å²) in [7, 11) is 1.49. The number of esters is 2. The molecule has 0 aromatic carbocycles. The lowest BCUT2D eigenvalue weighted by molar-refractivity contribution is -0.870. The monoisotopic (exact) mass is 1150 g/mol. The molecule has 0 aliphatic rings. The number of unbranched alkanes of at least 4 members (excludes halogenated alkanes) is 48. The van der Waals surface area contributed by atoms with Crippen LogP contribution in [0.1, 0.15) is 361 Å².